The van der Waals surface area contributed by atoms with Crippen molar-refractivity contribution < 1.29 is 14.4 Å². The molecule has 0 radical (unpaired) electrons. The topological polar surface area (TPSA) is 68.4 Å². The van der Waals surface area contributed by atoms with Crippen LogP contribution < -0.4 is 4.74 Å². The fraction of sp³-hybridized carbons (Fsp3) is 0.467. The van der Waals surface area contributed by atoms with Crippen molar-refractivity contribution in [2.24, 2.45) is 0 Å². The van der Waals surface area contributed by atoms with Crippen LogP contribution in [-0.4, -0.2) is 15.2 Å². The second-order valence-corrected chi connectivity index (χ2v) is 5.21. The van der Waals surface area contributed by atoms with Gasteiger partial charge >= 0.3 is 0 Å². The van der Waals surface area contributed by atoms with Gasteiger partial charge in [0.05, 0.1) is 6.10 Å². The molecule has 0 spiro atoms. The van der Waals surface area contributed by atoms with E-state index >= 15 is 0 Å². The van der Waals surface area contributed by atoms with Gasteiger partial charge in [0, 0.05) is 11.5 Å². The van der Waals surface area contributed by atoms with Crippen LogP contribution in [0.15, 0.2) is 22.7 Å². The molecule has 1 heterocycles. The Morgan fingerprint density at radius 3 is 2.65 bits per heavy atom. The molecule has 108 valence electrons. The second kappa shape index (κ2) is 6.05. The minimum absolute atomic E-state index is 0.197. The fourth-order valence-electron chi connectivity index (χ4n) is 1.81. The number of aliphatic hydroxyl groups excluding tert-OH is 1. The molecule has 2 aromatic rings. The summed E-state index contributed by atoms with van der Waals surface area (Å²) in [4.78, 5) is 4.26. The molecule has 1 N–H and O–H groups in total. The third kappa shape index (κ3) is 3.36. The van der Waals surface area contributed by atoms with Crippen LogP contribution in [0.1, 0.15) is 55.6 Å². The maximum Gasteiger partial charge on any atom is 0.264 e. The number of hydrogen-bond acceptors (Lipinski definition) is 5. The molecule has 20 heavy (non-hydrogen) atoms. The second-order valence-electron chi connectivity index (χ2n) is 5.21. The van der Waals surface area contributed by atoms with Gasteiger partial charge in [-0.25, -0.2) is 0 Å². The molecule has 5 heteroatoms. The van der Waals surface area contributed by atoms with E-state index < -0.39 is 6.10 Å². The van der Waals surface area contributed by atoms with Crippen LogP contribution in [0.5, 0.6) is 5.75 Å². The molecule has 0 aliphatic rings. The minimum atomic E-state index is -0.584. The summed E-state index contributed by atoms with van der Waals surface area (Å²) in [5.74, 6) is 1.97. The molecular formula is C15H20N2O3. The van der Waals surface area contributed by atoms with Crippen LogP contribution in [0.4, 0.5) is 0 Å². The standard InChI is InChI=1S/C15H20N2O3/c1-9(2)15-16-14(20-17-15)8-19-13-7-10(3)5-6-12(13)11(4)18/h5-7,9,11,18H,8H2,1-4H3/t11-/m1/s1. The van der Waals surface area contributed by atoms with Crippen LogP contribution in [-0.2, 0) is 6.61 Å². The van der Waals surface area contributed by atoms with E-state index in [0.717, 1.165) is 11.1 Å². The Labute approximate surface area is 118 Å². The summed E-state index contributed by atoms with van der Waals surface area (Å²) in [6, 6.07) is 5.70. The van der Waals surface area contributed by atoms with Gasteiger partial charge in [0.2, 0.25) is 0 Å². The number of hydrogen-bond donors (Lipinski definition) is 1. The van der Waals surface area contributed by atoms with Crippen molar-refractivity contribution in [1.29, 1.82) is 0 Å². The highest BCUT2D eigenvalue weighted by Gasteiger charge is 2.13. The maximum atomic E-state index is 9.74. The van der Waals surface area contributed by atoms with Crippen molar-refractivity contribution in [3.63, 3.8) is 0 Å². The normalized spacial score (nSPS) is 12.7. The van der Waals surface area contributed by atoms with E-state index in [2.05, 4.69) is 10.1 Å². The van der Waals surface area contributed by atoms with Crippen LogP contribution >= 0.6 is 0 Å². The Hall–Kier alpha value is -1.88. The average Bonchev–Trinajstić information content (AvgIpc) is 2.85. The van der Waals surface area contributed by atoms with E-state index in [0.29, 0.717) is 17.5 Å². The van der Waals surface area contributed by atoms with Gasteiger partial charge in [-0.15, -0.1) is 0 Å². The first kappa shape index (κ1) is 14.5. The predicted molar refractivity (Wildman–Crippen MR) is 74.5 cm³/mol. The quantitative estimate of drug-likeness (QED) is 0.908. The average molecular weight is 276 g/mol. The summed E-state index contributed by atoms with van der Waals surface area (Å²) >= 11 is 0. The third-order valence-corrected chi connectivity index (χ3v) is 2.97. The molecule has 0 unspecified atom stereocenters. The Kier molecular flexibility index (Phi) is 4.39. The first-order valence-electron chi connectivity index (χ1n) is 6.71. The number of rotatable bonds is 5. The molecule has 0 saturated heterocycles. The molecule has 5 nitrogen and oxygen atoms in total. The Balaban J connectivity index is 2.11. The molecule has 1 aromatic carbocycles. The number of aromatic nitrogens is 2. The first-order chi connectivity index (χ1) is 9.47. The van der Waals surface area contributed by atoms with Crippen molar-refractivity contribution in [2.75, 3.05) is 0 Å². The Morgan fingerprint density at radius 1 is 1.30 bits per heavy atom. The molecule has 2 rings (SSSR count). The van der Waals surface area contributed by atoms with Gasteiger partial charge in [0.1, 0.15) is 5.75 Å². The predicted octanol–water partition coefficient (Wildman–Crippen LogP) is 3.13. The Bertz CT molecular complexity index is 576. The lowest BCUT2D eigenvalue weighted by Crippen LogP contribution is -2.02. The lowest BCUT2D eigenvalue weighted by molar-refractivity contribution is 0.185. The van der Waals surface area contributed by atoms with E-state index in [1.165, 1.54) is 0 Å². The lowest BCUT2D eigenvalue weighted by atomic mass is 10.1. The minimum Gasteiger partial charge on any atom is -0.483 e. The van der Waals surface area contributed by atoms with Crippen LogP contribution in [0.25, 0.3) is 0 Å². The largest absolute Gasteiger partial charge is 0.483 e. The van der Waals surface area contributed by atoms with Gasteiger partial charge in [-0.2, -0.15) is 4.98 Å². The molecule has 0 aliphatic heterocycles. The zero-order valence-electron chi connectivity index (χ0n) is 12.3. The van der Waals surface area contributed by atoms with Crippen molar-refractivity contribution in [3.8, 4) is 5.75 Å². The summed E-state index contributed by atoms with van der Waals surface area (Å²) in [5.41, 5.74) is 1.82. The molecule has 0 aliphatic carbocycles. The summed E-state index contributed by atoms with van der Waals surface area (Å²) in [7, 11) is 0. The summed E-state index contributed by atoms with van der Waals surface area (Å²) in [6.07, 6.45) is -0.584. The molecule has 1 aromatic heterocycles. The van der Waals surface area contributed by atoms with Gasteiger partial charge in [-0.1, -0.05) is 31.1 Å². The van der Waals surface area contributed by atoms with E-state index in [9.17, 15) is 5.11 Å². The van der Waals surface area contributed by atoms with Crippen molar-refractivity contribution in [2.45, 2.75) is 46.3 Å². The van der Waals surface area contributed by atoms with E-state index in [-0.39, 0.29) is 12.5 Å². The molecule has 0 fully saturated rings. The lowest BCUT2D eigenvalue weighted by Gasteiger charge is -2.13. The molecule has 0 bridgehead atoms. The molecular weight excluding hydrogens is 256 g/mol. The van der Waals surface area contributed by atoms with Gasteiger partial charge < -0.3 is 14.4 Å². The monoisotopic (exact) mass is 276 g/mol. The molecule has 0 saturated carbocycles. The highest BCUT2D eigenvalue weighted by Crippen LogP contribution is 2.27. The zero-order valence-corrected chi connectivity index (χ0v) is 12.3. The third-order valence-electron chi connectivity index (χ3n) is 2.97. The molecule has 1 atom stereocenters. The maximum absolute atomic E-state index is 9.74. The van der Waals surface area contributed by atoms with Crippen LogP contribution in [0, 0.1) is 6.92 Å². The van der Waals surface area contributed by atoms with E-state index in [1.807, 2.05) is 39.0 Å². The summed E-state index contributed by atoms with van der Waals surface area (Å²) in [5, 5.41) is 13.6. The van der Waals surface area contributed by atoms with Crippen molar-refractivity contribution in [1.82, 2.24) is 10.1 Å². The smallest absolute Gasteiger partial charge is 0.264 e. The number of nitrogens with zero attached hydrogens (tertiary/aromatic N) is 2. The van der Waals surface area contributed by atoms with E-state index in [4.69, 9.17) is 9.26 Å². The van der Waals surface area contributed by atoms with Gasteiger partial charge in [0.15, 0.2) is 12.4 Å². The van der Waals surface area contributed by atoms with Crippen LogP contribution in [0.3, 0.4) is 0 Å². The zero-order chi connectivity index (χ0) is 14.7. The first-order valence-corrected chi connectivity index (χ1v) is 6.71. The highest BCUT2D eigenvalue weighted by atomic mass is 16.5. The Morgan fingerprint density at radius 2 is 2.05 bits per heavy atom. The number of aliphatic hydroxyl groups is 1. The van der Waals surface area contributed by atoms with Gasteiger partial charge in [-0.05, 0) is 25.5 Å². The highest BCUT2D eigenvalue weighted by molar-refractivity contribution is 5.38. The van der Waals surface area contributed by atoms with Crippen LogP contribution in [0.2, 0.25) is 0 Å². The number of aryl methyl sites for hydroxylation is 1. The SMILES string of the molecule is Cc1ccc([C@@H](C)O)c(OCc2nc(C(C)C)no2)c1. The summed E-state index contributed by atoms with van der Waals surface area (Å²) in [6.45, 7) is 7.88. The fourth-order valence-corrected chi connectivity index (χ4v) is 1.81. The van der Waals surface area contributed by atoms with Gasteiger partial charge in [-0.3, -0.25) is 0 Å². The number of benzene rings is 1. The van der Waals surface area contributed by atoms with E-state index in [1.54, 1.807) is 6.92 Å². The summed E-state index contributed by atoms with van der Waals surface area (Å²) < 4.78 is 10.8. The van der Waals surface area contributed by atoms with Gasteiger partial charge in [0.25, 0.3) is 5.89 Å². The molecule has 0 amide bonds. The number of ether oxygens (including phenoxy) is 1. The van der Waals surface area contributed by atoms with Crippen molar-refractivity contribution >= 4 is 0 Å². The van der Waals surface area contributed by atoms with Crippen molar-refractivity contribution in [3.05, 3.63) is 41.0 Å².